The molecular weight excluding hydrogens is 466 g/mol. The van der Waals surface area contributed by atoms with Crippen LogP contribution in [0.2, 0.25) is 0 Å². The lowest BCUT2D eigenvalue weighted by atomic mass is 9.85. The summed E-state index contributed by atoms with van der Waals surface area (Å²) in [6.07, 6.45) is 0.592. The molecule has 5 rings (SSSR count). The van der Waals surface area contributed by atoms with Crippen LogP contribution in [0.5, 0.6) is 11.5 Å². The van der Waals surface area contributed by atoms with E-state index in [1.807, 2.05) is 54.6 Å². The molecule has 0 bridgehead atoms. The molecule has 1 amide bonds. The highest BCUT2D eigenvalue weighted by molar-refractivity contribution is 6.46. The lowest BCUT2D eigenvalue weighted by Gasteiger charge is -2.27. The topological polar surface area (TPSA) is 76.1 Å². The molecule has 0 aliphatic carbocycles. The molecule has 1 unspecified atom stereocenters. The molecule has 0 saturated carbocycles. The minimum absolute atomic E-state index is 0.0428. The Labute approximate surface area is 217 Å². The Balaban J connectivity index is 1.58. The molecule has 0 radical (unpaired) electrons. The first-order chi connectivity index (χ1) is 17.7. The summed E-state index contributed by atoms with van der Waals surface area (Å²) < 4.78 is 11.3. The van der Waals surface area contributed by atoms with Gasteiger partial charge in [-0.15, -0.1) is 0 Å². The van der Waals surface area contributed by atoms with Gasteiger partial charge in [-0.1, -0.05) is 75.4 Å². The zero-order valence-corrected chi connectivity index (χ0v) is 21.4. The van der Waals surface area contributed by atoms with Crippen LogP contribution in [-0.4, -0.2) is 41.5 Å². The summed E-state index contributed by atoms with van der Waals surface area (Å²) in [6, 6.07) is 22.1. The van der Waals surface area contributed by atoms with Crippen molar-refractivity contribution in [2.45, 2.75) is 38.6 Å². The summed E-state index contributed by atoms with van der Waals surface area (Å²) >= 11 is 0. The highest BCUT2D eigenvalue weighted by Gasteiger charge is 2.46. The Morgan fingerprint density at radius 3 is 2.27 bits per heavy atom. The molecule has 1 N–H and O–H groups in total. The van der Waals surface area contributed by atoms with Gasteiger partial charge in [-0.25, -0.2) is 0 Å². The van der Waals surface area contributed by atoms with E-state index in [1.165, 1.54) is 0 Å². The van der Waals surface area contributed by atoms with Crippen molar-refractivity contribution in [2.75, 3.05) is 19.8 Å². The van der Waals surface area contributed by atoms with Gasteiger partial charge in [0.25, 0.3) is 11.7 Å². The molecule has 0 spiro atoms. The van der Waals surface area contributed by atoms with Crippen molar-refractivity contribution in [1.82, 2.24) is 4.90 Å². The lowest BCUT2D eigenvalue weighted by Crippen LogP contribution is -2.31. The van der Waals surface area contributed by atoms with Crippen molar-refractivity contribution in [3.05, 3.63) is 101 Å². The van der Waals surface area contributed by atoms with E-state index in [1.54, 1.807) is 23.1 Å². The van der Waals surface area contributed by atoms with Crippen molar-refractivity contribution < 1.29 is 24.2 Å². The maximum Gasteiger partial charge on any atom is 0.295 e. The van der Waals surface area contributed by atoms with Gasteiger partial charge < -0.3 is 19.5 Å². The number of aliphatic hydroxyl groups is 1. The number of Topliss-reactive ketones (excluding diaryl/α,β-unsaturated/α-hetero) is 1. The Morgan fingerprint density at radius 2 is 1.59 bits per heavy atom. The highest BCUT2D eigenvalue weighted by Crippen LogP contribution is 2.41. The average Bonchev–Trinajstić information content (AvgIpc) is 3.16. The summed E-state index contributed by atoms with van der Waals surface area (Å²) in [4.78, 5) is 28.3. The van der Waals surface area contributed by atoms with Crippen LogP contribution in [0.1, 0.15) is 49.1 Å². The predicted molar refractivity (Wildman–Crippen MR) is 142 cm³/mol. The minimum atomic E-state index is -0.703. The smallest absolute Gasteiger partial charge is 0.295 e. The van der Waals surface area contributed by atoms with E-state index in [0.29, 0.717) is 43.2 Å². The Morgan fingerprint density at radius 1 is 0.919 bits per heavy atom. The fourth-order valence-corrected chi connectivity index (χ4v) is 4.86. The molecule has 2 aliphatic rings. The Hall–Kier alpha value is -4.06. The van der Waals surface area contributed by atoms with Crippen LogP contribution in [-0.2, 0) is 21.4 Å². The predicted octanol–water partition coefficient (Wildman–Crippen LogP) is 5.42. The van der Waals surface area contributed by atoms with Gasteiger partial charge in [0.15, 0.2) is 11.5 Å². The number of carbonyl (C=O) groups is 2. The van der Waals surface area contributed by atoms with Crippen molar-refractivity contribution in [3.8, 4) is 11.5 Å². The molecule has 6 nitrogen and oxygen atoms in total. The Kier molecular flexibility index (Phi) is 6.50. The van der Waals surface area contributed by atoms with Crippen LogP contribution < -0.4 is 9.47 Å². The molecule has 37 heavy (non-hydrogen) atoms. The van der Waals surface area contributed by atoms with Gasteiger partial charge >= 0.3 is 0 Å². The number of hydrogen-bond donors (Lipinski definition) is 1. The van der Waals surface area contributed by atoms with E-state index in [9.17, 15) is 14.7 Å². The van der Waals surface area contributed by atoms with Crippen LogP contribution in [0.15, 0.2) is 78.4 Å². The van der Waals surface area contributed by atoms with Gasteiger partial charge in [0.05, 0.1) is 11.6 Å². The van der Waals surface area contributed by atoms with Crippen LogP contribution in [0.25, 0.3) is 5.76 Å². The number of likely N-dealkylation sites (tertiary alicyclic amines) is 1. The average molecular weight is 498 g/mol. The third-order valence-corrected chi connectivity index (χ3v) is 6.93. The van der Waals surface area contributed by atoms with Crippen LogP contribution in [0.4, 0.5) is 0 Å². The number of benzene rings is 3. The van der Waals surface area contributed by atoms with E-state index < -0.39 is 17.7 Å². The second-order valence-electron chi connectivity index (χ2n) is 10.5. The number of hydrogen-bond acceptors (Lipinski definition) is 5. The number of aliphatic hydroxyl groups excluding tert-OH is 1. The molecule has 3 aromatic rings. The summed E-state index contributed by atoms with van der Waals surface area (Å²) in [5.74, 6) is -0.437. The maximum absolute atomic E-state index is 13.4. The quantitative estimate of drug-likeness (QED) is 0.289. The lowest BCUT2D eigenvalue weighted by molar-refractivity contribution is -0.139. The van der Waals surface area contributed by atoms with E-state index in [-0.39, 0.29) is 16.7 Å². The van der Waals surface area contributed by atoms with E-state index in [4.69, 9.17) is 9.47 Å². The maximum atomic E-state index is 13.4. The van der Waals surface area contributed by atoms with Crippen LogP contribution in [0.3, 0.4) is 0 Å². The van der Waals surface area contributed by atoms with Crippen molar-refractivity contribution in [3.63, 3.8) is 0 Å². The van der Waals surface area contributed by atoms with Gasteiger partial charge in [-0.3, -0.25) is 9.59 Å². The first-order valence-electron chi connectivity index (χ1n) is 12.6. The number of amides is 1. The summed E-state index contributed by atoms with van der Waals surface area (Å²) in [7, 11) is 0. The van der Waals surface area contributed by atoms with Gasteiger partial charge in [-0.05, 0) is 46.7 Å². The van der Waals surface area contributed by atoms with E-state index >= 15 is 0 Å². The highest BCUT2D eigenvalue weighted by atomic mass is 16.6. The third kappa shape index (κ3) is 4.84. The second-order valence-corrected chi connectivity index (χ2v) is 10.5. The minimum Gasteiger partial charge on any atom is -0.507 e. The number of ether oxygens (including phenoxy) is 2. The summed E-state index contributed by atoms with van der Waals surface area (Å²) in [5, 5.41) is 11.4. The number of nitrogens with zero attached hydrogens (tertiary/aromatic N) is 1. The van der Waals surface area contributed by atoms with Gasteiger partial charge in [0.2, 0.25) is 0 Å². The number of rotatable bonds is 5. The fraction of sp³-hybridized carbons (Fsp3) is 0.290. The monoisotopic (exact) mass is 497 g/mol. The SMILES string of the molecule is CC(C)(C)c1ccc(C2/C(=C(\O)c3ccc4c(c3)OCCO4)C(=O)C(=O)N2CCc2ccccc2)cc1. The van der Waals surface area contributed by atoms with Gasteiger partial charge in [0.1, 0.15) is 19.0 Å². The van der Waals surface area contributed by atoms with Gasteiger partial charge in [-0.2, -0.15) is 0 Å². The molecule has 1 saturated heterocycles. The van der Waals surface area contributed by atoms with E-state index in [0.717, 1.165) is 16.7 Å². The molecule has 6 heteroatoms. The number of carbonyl (C=O) groups excluding carboxylic acids is 2. The van der Waals surface area contributed by atoms with Crippen LogP contribution >= 0.6 is 0 Å². The zero-order valence-electron chi connectivity index (χ0n) is 21.4. The van der Waals surface area contributed by atoms with Gasteiger partial charge in [0, 0.05) is 12.1 Å². The summed E-state index contributed by atoms with van der Waals surface area (Å²) in [5.41, 5.74) is 3.43. The molecule has 1 atom stereocenters. The van der Waals surface area contributed by atoms with Crippen molar-refractivity contribution >= 4 is 17.4 Å². The first-order valence-corrected chi connectivity index (χ1v) is 12.6. The van der Waals surface area contributed by atoms with Crippen LogP contribution in [0, 0.1) is 0 Å². The normalized spacial score (nSPS) is 18.8. The number of ketones is 1. The van der Waals surface area contributed by atoms with Crippen molar-refractivity contribution in [2.24, 2.45) is 0 Å². The zero-order chi connectivity index (χ0) is 26.2. The summed E-state index contributed by atoms with van der Waals surface area (Å²) in [6.45, 7) is 7.61. The molecule has 2 aliphatic heterocycles. The standard InChI is InChI=1S/C31H31NO5/c1-31(2,3)23-12-9-21(10-13-23)27-26(28(33)22-11-14-24-25(19-22)37-18-17-36-24)29(34)30(35)32(27)16-15-20-7-5-4-6-8-20/h4-14,19,27,33H,15-18H2,1-3H3/b28-26+. The first kappa shape index (κ1) is 24.6. The molecule has 190 valence electrons. The largest absolute Gasteiger partial charge is 0.507 e. The third-order valence-electron chi connectivity index (χ3n) is 6.93. The molecule has 1 fully saturated rings. The van der Waals surface area contributed by atoms with E-state index in [2.05, 4.69) is 20.8 Å². The molecular formula is C31H31NO5. The van der Waals surface area contributed by atoms with Crippen molar-refractivity contribution in [1.29, 1.82) is 0 Å². The fourth-order valence-electron chi connectivity index (χ4n) is 4.86. The second kappa shape index (κ2) is 9.77. The molecule has 3 aromatic carbocycles. The Bertz CT molecular complexity index is 1350. The molecule has 0 aromatic heterocycles. The molecule has 2 heterocycles. The number of fused-ring (bicyclic) bond motifs is 1.